The Kier molecular flexibility index (Phi) is 3.92. The van der Waals surface area contributed by atoms with Gasteiger partial charge in [-0.05, 0) is 31.2 Å². The largest absolute Gasteiger partial charge is 0.368 e. The van der Waals surface area contributed by atoms with Crippen molar-refractivity contribution in [2.24, 2.45) is 5.14 Å². The van der Waals surface area contributed by atoms with Crippen LogP contribution in [-0.4, -0.2) is 29.7 Å². The topological polar surface area (TPSA) is 98.0 Å². The molecule has 0 spiro atoms. The molecular formula is C14H18N4O2S2. The molecule has 2 aromatic heterocycles. The number of nitrogens with zero attached hydrogens (tertiary/aromatic N) is 2. The zero-order valence-corrected chi connectivity index (χ0v) is 13.9. The van der Waals surface area contributed by atoms with E-state index in [-0.39, 0.29) is 6.54 Å². The number of hydrogen-bond donors (Lipinski definition) is 2. The van der Waals surface area contributed by atoms with Crippen molar-refractivity contribution in [2.45, 2.75) is 30.9 Å². The second-order valence-corrected chi connectivity index (χ2v) is 8.53. The van der Waals surface area contributed by atoms with Crippen LogP contribution in [0.15, 0.2) is 23.6 Å². The molecule has 8 heteroatoms. The molecule has 0 radical (unpaired) electrons. The van der Waals surface area contributed by atoms with Crippen molar-refractivity contribution in [3.05, 3.63) is 29.3 Å². The van der Waals surface area contributed by atoms with Crippen molar-refractivity contribution in [1.29, 1.82) is 0 Å². The Bertz CT molecular complexity index is 768. The number of sulfonamides is 1. The molecule has 2 aromatic rings. The third-order valence-corrected chi connectivity index (χ3v) is 6.68. The summed E-state index contributed by atoms with van der Waals surface area (Å²) in [5, 5.41) is 10.5. The SMILES string of the molecule is Cc1cc(NCC2(S(N)(=O)=O)CCC2)nc(-c2cccs2)n1. The molecule has 2 heterocycles. The highest BCUT2D eigenvalue weighted by Gasteiger charge is 2.47. The summed E-state index contributed by atoms with van der Waals surface area (Å²) in [6.45, 7) is 2.18. The van der Waals surface area contributed by atoms with Gasteiger partial charge in [-0.1, -0.05) is 12.5 Å². The molecule has 0 saturated heterocycles. The molecule has 0 atom stereocenters. The molecular weight excluding hydrogens is 320 g/mol. The summed E-state index contributed by atoms with van der Waals surface area (Å²) in [5.41, 5.74) is 0.833. The second kappa shape index (κ2) is 5.60. The average Bonchev–Trinajstić information content (AvgIpc) is 2.88. The number of hydrogen-bond acceptors (Lipinski definition) is 6. The number of aromatic nitrogens is 2. The van der Waals surface area contributed by atoms with Crippen LogP contribution >= 0.6 is 11.3 Å². The van der Waals surface area contributed by atoms with Gasteiger partial charge in [-0.2, -0.15) is 0 Å². The van der Waals surface area contributed by atoms with Crippen molar-refractivity contribution < 1.29 is 8.42 Å². The van der Waals surface area contributed by atoms with Gasteiger partial charge in [0.25, 0.3) is 0 Å². The van der Waals surface area contributed by atoms with Crippen LogP contribution in [0.25, 0.3) is 10.7 Å². The number of aryl methyl sites for hydroxylation is 1. The first-order valence-electron chi connectivity index (χ1n) is 7.05. The lowest BCUT2D eigenvalue weighted by atomic mass is 9.84. The number of anilines is 1. The third kappa shape index (κ3) is 2.86. The highest BCUT2D eigenvalue weighted by atomic mass is 32.2. The molecule has 0 bridgehead atoms. The highest BCUT2D eigenvalue weighted by Crippen LogP contribution is 2.38. The summed E-state index contributed by atoms with van der Waals surface area (Å²) < 4.78 is 22.7. The summed E-state index contributed by atoms with van der Waals surface area (Å²) in [6, 6.07) is 5.72. The quantitative estimate of drug-likeness (QED) is 0.870. The van der Waals surface area contributed by atoms with E-state index >= 15 is 0 Å². The zero-order chi connectivity index (χ0) is 15.8. The molecule has 22 heavy (non-hydrogen) atoms. The predicted octanol–water partition coefficient (Wildman–Crippen LogP) is 2.14. The molecule has 1 aliphatic carbocycles. The monoisotopic (exact) mass is 338 g/mol. The van der Waals surface area contributed by atoms with Gasteiger partial charge in [-0.25, -0.2) is 23.5 Å². The summed E-state index contributed by atoms with van der Waals surface area (Å²) >= 11 is 1.57. The average molecular weight is 338 g/mol. The van der Waals surface area contributed by atoms with Crippen LogP contribution in [0.1, 0.15) is 25.0 Å². The lowest BCUT2D eigenvalue weighted by molar-refractivity contribution is 0.351. The fourth-order valence-corrected chi connectivity index (χ4v) is 4.35. The lowest BCUT2D eigenvalue weighted by Crippen LogP contribution is -2.53. The maximum Gasteiger partial charge on any atom is 0.216 e. The van der Waals surface area contributed by atoms with E-state index in [9.17, 15) is 8.42 Å². The van der Waals surface area contributed by atoms with E-state index in [1.54, 1.807) is 11.3 Å². The van der Waals surface area contributed by atoms with E-state index in [1.807, 2.05) is 30.5 Å². The molecule has 118 valence electrons. The Labute approximate surface area is 133 Å². The fourth-order valence-electron chi connectivity index (χ4n) is 2.56. The van der Waals surface area contributed by atoms with Gasteiger partial charge in [-0.15, -0.1) is 11.3 Å². The number of nitrogens with two attached hydrogens (primary N) is 1. The van der Waals surface area contributed by atoms with Crippen molar-refractivity contribution in [1.82, 2.24) is 9.97 Å². The number of nitrogens with one attached hydrogen (secondary N) is 1. The van der Waals surface area contributed by atoms with Gasteiger partial charge >= 0.3 is 0 Å². The minimum Gasteiger partial charge on any atom is -0.368 e. The van der Waals surface area contributed by atoms with Crippen LogP contribution in [0.3, 0.4) is 0 Å². The minimum absolute atomic E-state index is 0.284. The van der Waals surface area contributed by atoms with Gasteiger partial charge < -0.3 is 5.32 Å². The Morgan fingerprint density at radius 1 is 1.41 bits per heavy atom. The molecule has 0 unspecified atom stereocenters. The molecule has 3 rings (SSSR count). The first-order valence-corrected chi connectivity index (χ1v) is 9.48. The fraction of sp³-hybridized carbons (Fsp3) is 0.429. The van der Waals surface area contributed by atoms with Crippen LogP contribution in [-0.2, 0) is 10.0 Å². The molecule has 3 N–H and O–H groups in total. The van der Waals surface area contributed by atoms with E-state index in [4.69, 9.17) is 5.14 Å². The van der Waals surface area contributed by atoms with E-state index < -0.39 is 14.8 Å². The van der Waals surface area contributed by atoms with E-state index in [0.29, 0.717) is 24.5 Å². The lowest BCUT2D eigenvalue weighted by Gasteiger charge is -2.39. The Balaban J connectivity index is 1.81. The minimum atomic E-state index is -3.57. The summed E-state index contributed by atoms with van der Waals surface area (Å²) in [7, 11) is -3.57. The van der Waals surface area contributed by atoms with Crippen molar-refractivity contribution >= 4 is 27.2 Å². The van der Waals surface area contributed by atoms with Gasteiger partial charge in [-0.3, -0.25) is 0 Å². The molecule has 1 saturated carbocycles. The second-order valence-electron chi connectivity index (χ2n) is 5.63. The van der Waals surface area contributed by atoms with Gasteiger partial charge in [0.1, 0.15) is 10.6 Å². The Morgan fingerprint density at radius 2 is 2.18 bits per heavy atom. The van der Waals surface area contributed by atoms with Crippen molar-refractivity contribution in [3.8, 4) is 10.7 Å². The molecule has 1 aliphatic rings. The van der Waals surface area contributed by atoms with Crippen LogP contribution in [0.5, 0.6) is 0 Å². The van der Waals surface area contributed by atoms with Crippen LogP contribution in [0, 0.1) is 6.92 Å². The first kappa shape index (κ1) is 15.4. The van der Waals surface area contributed by atoms with Gasteiger partial charge in [0.15, 0.2) is 5.82 Å². The molecule has 1 fully saturated rings. The van der Waals surface area contributed by atoms with Crippen molar-refractivity contribution in [2.75, 3.05) is 11.9 Å². The smallest absolute Gasteiger partial charge is 0.216 e. The molecule has 0 amide bonds. The standard InChI is InChI=1S/C14H18N4O2S2/c1-10-8-12(18-13(17-10)11-4-2-7-21-11)16-9-14(5-3-6-14)22(15,19)20/h2,4,7-8H,3,5-6,9H2,1H3,(H2,15,19,20)(H,16,17,18). The van der Waals surface area contributed by atoms with E-state index in [1.165, 1.54) is 0 Å². The normalized spacial score (nSPS) is 17.0. The third-order valence-electron chi connectivity index (χ3n) is 4.06. The predicted molar refractivity (Wildman–Crippen MR) is 88.3 cm³/mol. The molecule has 0 aliphatic heterocycles. The Morgan fingerprint density at radius 3 is 2.73 bits per heavy atom. The van der Waals surface area contributed by atoms with Gasteiger partial charge in [0.05, 0.1) is 4.88 Å². The van der Waals surface area contributed by atoms with Gasteiger partial charge in [0.2, 0.25) is 10.0 Å². The van der Waals surface area contributed by atoms with E-state index in [2.05, 4.69) is 15.3 Å². The number of thiophene rings is 1. The van der Waals surface area contributed by atoms with Gasteiger partial charge in [0, 0.05) is 18.3 Å². The van der Waals surface area contributed by atoms with Crippen molar-refractivity contribution in [3.63, 3.8) is 0 Å². The number of primary sulfonamides is 1. The summed E-state index contributed by atoms with van der Waals surface area (Å²) in [4.78, 5) is 9.88. The van der Waals surface area contributed by atoms with E-state index in [0.717, 1.165) is 17.0 Å². The first-order chi connectivity index (χ1) is 10.4. The Hall–Kier alpha value is -1.51. The molecule has 6 nitrogen and oxygen atoms in total. The number of rotatable bonds is 5. The maximum atomic E-state index is 11.8. The van der Waals surface area contributed by atoms with Crippen LogP contribution < -0.4 is 10.5 Å². The van der Waals surface area contributed by atoms with Crippen LogP contribution in [0.2, 0.25) is 0 Å². The molecule has 0 aromatic carbocycles. The van der Waals surface area contributed by atoms with Crippen LogP contribution in [0.4, 0.5) is 5.82 Å². The summed E-state index contributed by atoms with van der Waals surface area (Å²) in [5.74, 6) is 1.28. The summed E-state index contributed by atoms with van der Waals surface area (Å²) in [6.07, 6.45) is 2.09. The highest BCUT2D eigenvalue weighted by molar-refractivity contribution is 7.90. The zero-order valence-electron chi connectivity index (χ0n) is 12.2. The maximum absolute atomic E-state index is 11.8.